The number of aromatic nitrogens is 2. The van der Waals surface area contributed by atoms with Gasteiger partial charge in [0.1, 0.15) is 0 Å². The van der Waals surface area contributed by atoms with E-state index in [0.717, 1.165) is 26.2 Å². The van der Waals surface area contributed by atoms with Crippen LogP contribution in [-0.4, -0.2) is 34.3 Å². The predicted octanol–water partition coefficient (Wildman–Crippen LogP) is 2.35. The quantitative estimate of drug-likeness (QED) is 0.937. The molecule has 2 heterocycles. The second-order valence-corrected chi connectivity index (χ2v) is 5.98. The van der Waals surface area contributed by atoms with Crippen LogP contribution in [0.5, 0.6) is 0 Å². The first-order valence-corrected chi connectivity index (χ1v) is 7.79. The van der Waals surface area contributed by atoms with Gasteiger partial charge in [0, 0.05) is 12.7 Å². The van der Waals surface area contributed by atoms with E-state index in [1.165, 1.54) is 29.8 Å². The van der Waals surface area contributed by atoms with Gasteiger partial charge in [0.15, 0.2) is 0 Å². The number of hydrogen-bond donors (Lipinski definition) is 1. The molecule has 1 aromatic heterocycles. The van der Waals surface area contributed by atoms with Gasteiger partial charge in [-0.25, -0.2) is 4.68 Å². The van der Waals surface area contributed by atoms with Gasteiger partial charge in [-0.05, 0) is 63.0 Å². The van der Waals surface area contributed by atoms with E-state index in [2.05, 4.69) is 51.9 Å². The van der Waals surface area contributed by atoms with E-state index in [1.807, 2.05) is 6.20 Å². The van der Waals surface area contributed by atoms with Crippen molar-refractivity contribution >= 4 is 0 Å². The molecule has 0 bridgehead atoms. The molecule has 0 atom stereocenters. The third-order valence-corrected chi connectivity index (χ3v) is 4.49. The highest BCUT2D eigenvalue weighted by molar-refractivity contribution is 5.40. The number of nitrogens with zero attached hydrogens (tertiary/aromatic N) is 3. The minimum atomic E-state index is 0.711. The average molecular weight is 284 g/mol. The molecule has 0 spiro atoms. The standard InChI is InChI=1S/C17H24N4/c1-14-4-2-3-5-17(14)21-16(6-9-19-21)13-20-10-7-15(12-18)8-11-20/h2-6,9,15H,7-8,10-13,18H2,1H3. The third kappa shape index (κ3) is 3.17. The van der Waals surface area contributed by atoms with E-state index in [0.29, 0.717) is 5.92 Å². The highest BCUT2D eigenvalue weighted by Gasteiger charge is 2.19. The molecular formula is C17H24N4. The zero-order chi connectivity index (χ0) is 14.7. The zero-order valence-corrected chi connectivity index (χ0v) is 12.7. The molecule has 3 rings (SSSR count). The maximum Gasteiger partial charge on any atom is 0.0678 e. The van der Waals surface area contributed by atoms with Gasteiger partial charge < -0.3 is 5.73 Å². The first kappa shape index (κ1) is 14.3. The summed E-state index contributed by atoms with van der Waals surface area (Å²) >= 11 is 0. The highest BCUT2D eigenvalue weighted by Crippen LogP contribution is 2.20. The summed E-state index contributed by atoms with van der Waals surface area (Å²) in [5.41, 5.74) is 9.46. The number of benzene rings is 1. The van der Waals surface area contributed by atoms with Gasteiger partial charge in [-0.15, -0.1) is 0 Å². The summed E-state index contributed by atoms with van der Waals surface area (Å²) in [7, 11) is 0. The van der Waals surface area contributed by atoms with E-state index in [9.17, 15) is 0 Å². The number of nitrogens with two attached hydrogens (primary N) is 1. The molecule has 0 radical (unpaired) electrons. The van der Waals surface area contributed by atoms with Crippen molar-refractivity contribution < 1.29 is 0 Å². The summed E-state index contributed by atoms with van der Waals surface area (Å²) in [6.45, 7) is 6.20. The van der Waals surface area contributed by atoms with Crippen molar-refractivity contribution in [1.29, 1.82) is 0 Å². The number of hydrogen-bond acceptors (Lipinski definition) is 3. The topological polar surface area (TPSA) is 47.1 Å². The van der Waals surface area contributed by atoms with Gasteiger partial charge in [-0.2, -0.15) is 5.10 Å². The molecule has 0 amide bonds. The van der Waals surface area contributed by atoms with Crippen LogP contribution in [0.15, 0.2) is 36.5 Å². The molecule has 1 fully saturated rings. The average Bonchev–Trinajstić information content (AvgIpc) is 2.96. The molecule has 0 aliphatic carbocycles. The molecule has 2 aromatic rings. The minimum Gasteiger partial charge on any atom is -0.330 e. The Morgan fingerprint density at radius 3 is 2.67 bits per heavy atom. The number of likely N-dealkylation sites (tertiary alicyclic amines) is 1. The largest absolute Gasteiger partial charge is 0.330 e. The van der Waals surface area contributed by atoms with Crippen LogP contribution >= 0.6 is 0 Å². The monoisotopic (exact) mass is 284 g/mol. The smallest absolute Gasteiger partial charge is 0.0678 e. The van der Waals surface area contributed by atoms with E-state index in [-0.39, 0.29) is 0 Å². The van der Waals surface area contributed by atoms with Crippen molar-refractivity contribution in [3.8, 4) is 5.69 Å². The summed E-state index contributed by atoms with van der Waals surface area (Å²) in [6.07, 6.45) is 4.33. The molecular weight excluding hydrogens is 260 g/mol. The van der Waals surface area contributed by atoms with Crippen molar-refractivity contribution in [2.45, 2.75) is 26.3 Å². The number of aryl methyl sites for hydroxylation is 1. The van der Waals surface area contributed by atoms with Crippen molar-refractivity contribution in [3.63, 3.8) is 0 Å². The Morgan fingerprint density at radius 1 is 1.19 bits per heavy atom. The van der Waals surface area contributed by atoms with Gasteiger partial charge in [0.2, 0.25) is 0 Å². The molecule has 1 aliphatic rings. The maximum atomic E-state index is 5.77. The van der Waals surface area contributed by atoms with Crippen LogP contribution < -0.4 is 5.73 Å². The molecule has 4 nitrogen and oxygen atoms in total. The zero-order valence-electron chi connectivity index (χ0n) is 12.7. The Bertz CT molecular complexity index is 582. The summed E-state index contributed by atoms with van der Waals surface area (Å²) in [4.78, 5) is 2.51. The van der Waals surface area contributed by atoms with E-state index in [1.54, 1.807) is 0 Å². The summed E-state index contributed by atoms with van der Waals surface area (Å²) in [5, 5.41) is 4.51. The second-order valence-electron chi connectivity index (χ2n) is 5.98. The van der Waals surface area contributed by atoms with Crippen molar-refractivity contribution in [2.24, 2.45) is 11.7 Å². The molecule has 21 heavy (non-hydrogen) atoms. The van der Waals surface area contributed by atoms with E-state index < -0.39 is 0 Å². The molecule has 1 aliphatic heterocycles. The lowest BCUT2D eigenvalue weighted by Crippen LogP contribution is -2.36. The molecule has 112 valence electrons. The second kappa shape index (κ2) is 6.41. The van der Waals surface area contributed by atoms with Crippen LogP contribution in [0.1, 0.15) is 24.1 Å². The molecule has 4 heteroatoms. The SMILES string of the molecule is Cc1ccccc1-n1nccc1CN1CCC(CN)CC1. The van der Waals surface area contributed by atoms with Gasteiger partial charge in [-0.3, -0.25) is 4.90 Å². The van der Waals surface area contributed by atoms with E-state index in [4.69, 9.17) is 5.73 Å². The lowest BCUT2D eigenvalue weighted by atomic mass is 9.97. The summed E-state index contributed by atoms with van der Waals surface area (Å²) < 4.78 is 2.07. The van der Waals surface area contributed by atoms with Gasteiger partial charge >= 0.3 is 0 Å². The van der Waals surface area contributed by atoms with Crippen LogP contribution in [-0.2, 0) is 6.54 Å². The fourth-order valence-corrected chi connectivity index (χ4v) is 3.08. The summed E-state index contributed by atoms with van der Waals surface area (Å²) in [6, 6.07) is 10.5. The first-order valence-electron chi connectivity index (χ1n) is 7.79. The van der Waals surface area contributed by atoms with Crippen molar-refractivity contribution in [3.05, 3.63) is 47.8 Å². The minimum absolute atomic E-state index is 0.711. The molecule has 1 aromatic carbocycles. The van der Waals surface area contributed by atoms with E-state index >= 15 is 0 Å². The van der Waals surface area contributed by atoms with Crippen LogP contribution in [0.25, 0.3) is 5.69 Å². The number of para-hydroxylation sites is 1. The Balaban J connectivity index is 1.73. The lowest BCUT2D eigenvalue weighted by Gasteiger charge is -2.31. The Labute approximate surface area is 126 Å². The Morgan fingerprint density at radius 2 is 1.95 bits per heavy atom. The number of piperidine rings is 1. The van der Waals surface area contributed by atoms with Crippen LogP contribution in [0.4, 0.5) is 0 Å². The molecule has 1 saturated heterocycles. The maximum absolute atomic E-state index is 5.77. The van der Waals surface area contributed by atoms with Gasteiger partial charge in [0.25, 0.3) is 0 Å². The Hall–Kier alpha value is -1.65. The van der Waals surface area contributed by atoms with Gasteiger partial charge in [-0.1, -0.05) is 18.2 Å². The van der Waals surface area contributed by atoms with Crippen LogP contribution in [0.2, 0.25) is 0 Å². The number of rotatable bonds is 4. The lowest BCUT2D eigenvalue weighted by molar-refractivity contribution is 0.177. The van der Waals surface area contributed by atoms with Crippen molar-refractivity contribution in [1.82, 2.24) is 14.7 Å². The normalized spacial score (nSPS) is 17.2. The van der Waals surface area contributed by atoms with Gasteiger partial charge in [0.05, 0.1) is 11.4 Å². The fraction of sp³-hybridized carbons (Fsp3) is 0.471. The Kier molecular flexibility index (Phi) is 4.36. The molecule has 2 N–H and O–H groups in total. The highest BCUT2D eigenvalue weighted by atomic mass is 15.3. The molecule has 0 saturated carbocycles. The van der Waals surface area contributed by atoms with Crippen LogP contribution in [0.3, 0.4) is 0 Å². The molecule has 0 unspecified atom stereocenters. The summed E-state index contributed by atoms with van der Waals surface area (Å²) in [5.74, 6) is 0.711. The van der Waals surface area contributed by atoms with Crippen molar-refractivity contribution in [2.75, 3.05) is 19.6 Å². The fourth-order valence-electron chi connectivity index (χ4n) is 3.08. The third-order valence-electron chi connectivity index (χ3n) is 4.49. The van der Waals surface area contributed by atoms with Crippen LogP contribution in [0, 0.1) is 12.8 Å². The predicted molar refractivity (Wildman–Crippen MR) is 85.4 cm³/mol. The first-order chi connectivity index (χ1) is 10.3.